The fraction of sp³-hybridized carbons (Fsp3) is 0.417. The first kappa shape index (κ1) is 22.5. The van der Waals surface area contributed by atoms with Crippen LogP contribution < -0.4 is 10.5 Å². The number of esters is 1. The molecule has 0 amide bonds. The van der Waals surface area contributed by atoms with Crippen molar-refractivity contribution in [3.63, 3.8) is 0 Å². The average molecular weight is 482 g/mol. The number of thioether (sulfide) groups is 1. The summed E-state index contributed by atoms with van der Waals surface area (Å²) in [5.41, 5.74) is 6.87. The Bertz CT molecular complexity index is 1240. The quantitative estimate of drug-likeness (QED) is 0.333. The van der Waals surface area contributed by atoms with Crippen molar-refractivity contribution < 1.29 is 19.4 Å². The number of nitrogens with two attached hydrogens (primary N) is 1. The Hall–Kier alpha value is -3.27. The first-order valence-electron chi connectivity index (χ1n) is 11.4. The number of aromatic nitrogens is 4. The van der Waals surface area contributed by atoms with E-state index in [0.29, 0.717) is 17.5 Å². The minimum absolute atomic E-state index is 0.0229. The predicted octanol–water partition coefficient (Wildman–Crippen LogP) is 4.31. The van der Waals surface area contributed by atoms with Gasteiger partial charge in [0.1, 0.15) is 27.8 Å². The molecule has 3 heterocycles. The van der Waals surface area contributed by atoms with Crippen molar-refractivity contribution in [1.82, 2.24) is 20.2 Å². The van der Waals surface area contributed by atoms with E-state index in [1.165, 1.54) is 0 Å². The molecule has 1 aliphatic carbocycles. The monoisotopic (exact) mass is 481 g/mol. The molecule has 2 aliphatic rings. The Labute approximate surface area is 201 Å². The van der Waals surface area contributed by atoms with Gasteiger partial charge >= 0.3 is 5.97 Å². The molecule has 1 atom stereocenters. The summed E-state index contributed by atoms with van der Waals surface area (Å²) in [6.07, 6.45) is 7.39. The van der Waals surface area contributed by atoms with Gasteiger partial charge in [-0.2, -0.15) is 5.10 Å². The summed E-state index contributed by atoms with van der Waals surface area (Å²) in [5, 5.41) is 18.6. The summed E-state index contributed by atoms with van der Waals surface area (Å²) >= 11 is 0.966. The lowest BCUT2D eigenvalue weighted by molar-refractivity contribution is -0.166. The largest absolute Gasteiger partial charge is 0.511 e. The van der Waals surface area contributed by atoms with Gasteiger partial charge in [-0.25, -0.2) is 14.8 Å². The van der Waals surface area contributed by atoms with Gasteiger partial charge in [-0.1, -0.05) is 25.0 Å². The topological polar surface area (TPSA) is 136 Å². The number of H-pyrrole nitrogens is 1. The van der Waals surface area contributed by atoms with Crippen molar-refractivity contribution in [3.8, 4) is 5.75 Å². The van der Waals surface area contributed by atoms with Gasteiger partial charge in [0, 0.05) is 6.42 Å². The van der Waals surface area contributed by atoms with Gasteiger partial charge in [-0.05, 0) is 61.1 Å². The number of methoxy groups -OCH3 is 1. The summed E-state index contributed by atoms with van der Waals surface area (Å²) in [6, 6.07) is 7.91. The van der Waals surface area contributed by atoms with Crippen molar-refractivity contribution in [2.24, 2.45) is 5.92 Å². The lowest BCUT2D eigenvalue weighted by Crippen LogP contribution is -2.45. The number of aliphatic hydroxyl groups is 1. The van der Waals surface area contributed by atoms with E-state index < -0.39 is 11.6 Å². The van der Waals surface area contributed by atoms with E-state index in [1.54, 1.807) is 13.3 Å². The van der Waals surface area contributed by atoms with E-state index in [4.69, 9.17) is 15.2 Å². The summed E-state index contributed by atoms with van der Waals surface area (Å²) < 4.78 is 11.4. The van der Waals surface area contributed by atoms with Gasteiger partial charge in [0.15, 0.2) is 10.8 Å². The number of nitrogens with one attached hydrogen (secondary N) is 1. The molecule has 34 heavy (non-hydrogen) atoms. The van der Waals surface area contributed by atoms with Crippen LogP contribution in [0.3, 0.4) is 0 Å². The van der Waals surface area contributed by atoms with Crippen molar-refractivity contribution in [1.29, 1.82) is 0 Å². The van der Waals surface area contributed by atoms with E-state index in [-0.39, 0.29) is 34.0 Å². The van der Waals surface area contributed by atoms with Gasteiger partial charge in [-0.3, -0.25) is 5.10 Å². The van der Waals surface area contributed by atoms with Crippen LogP contribution in [-0.4, -0.2) is 44.0 Å². The number of hydrogen-bond donors (Lipinski definition) is 3. The lowest BCUT2D eigenvalue weighted by atomic mass is 9.77. The molecule has 1 saturated carbocycles. The van der Waals surface area contributed by atoms with Crippen LogP contribution in [0.5, 0.6) is 5.75 Å². The maximum atomic E-state index is 13.2. The Morgan fingerprint density at radius 1 is 1.26 bits per heavy atom. The highest BCUT2D eigenvalue weighted by atomic mass is 32.2. The van der Waals surface area contributed by atoms with E-state index in [0.717, 1.165) is 55.2 Å². The molecule has 4 N–H and O–H groups in total. The molecule has 2 aromatic heterocycles. The molecule has 10 heteroatoms. The standard InChI is InChI=1S/C24H27N5O4S/c1-32-16-8-6-14(7-9-16)10-11-24(15-4-2-3-5-15)12-18(30)19(22(31)33-24)34-23-27-20(25)17-13-26-29-21(17)28-23/h6-9,13,15,30H,2-5,10-12H2,1H3,(H3,25,26,27,28,29). The number of benzene rings is 1. The zero-order valence-electron chi connectivity index (χ0n) is 18.9. The minimum atomic E-state index is -0.727. The number of nitrogens with zero attached hydrogens (tertiary/aromatic N) is 3. The van der Waals surface area contributed by atoms with Gasteiger partial charge in [-0.15, -0.1) is 0 Å². The van der Waals surface area contributed by atoms with Gasteiger partial charge in [0.25, 0.3) is 0 Å². The number of hydrogen-bond acceptors (Lipinski definition) is 9. The number of fused-ring (bicyclic) bond motifs is 1. The Morgan fingerprint density at radius 2 is 2.03 bits per heavy atom. The molecule has 178 valence electrons. The Kier molecular flexibility index (Phi) is 6.07. The summed E-state index contributed by atoms with van der Waals surface area (Å²) in [7, 11) is 1.64. The maximum Gasteiger partial charge on any atom is 0.349 e. The van der Waals surface area contributed by atoms with Crippen LogP contribution in [0.4, 0.5) is 5.82 Å². The number of aromatic amines is 1. The fourth-order valence-corrected chi connectivity index (χ4v) is 5.77. The van der Waals surface area contributed by atoms with E-state index in [2.05, 4.69) is 20.2 Å². The van der Waals surface area contributed by atoms with Crippen molar-refractivity contribution in [2.75, 3.05) is 12.8 Å². The number of nitrogen functional groups attached to an aromatic ring is 1. The van der Waals surface area contributed by atoms with Gasteiger partial charge in [0.05, 0.1) is 18.7 Å². The van der Waals surface area contributed by atoms with Crippen LogP contribution in [0.15, 0.2) is 46.3 Å². The molecule has 0 radical (unpaired) electrons. The molecular weight excluding hydrogens is 454 g/mol. The van der Waals surface area contributed by atoms with Crippen molar-refractivity contribution >= 4 is 34.6 Å². The third-order valence-corrected chi connectivity index (χ3v) is 7.79. The molecule has 5 rings (SSSR count). The molecule has 1 aromatic carbocycles. The molecule has 1 aliphatic heterocycles. The number of cyclic esters (lactones) is 1. The van der Waals surface area contributed by atoms with Crippen LogP contribution >= 0.6 is 11.8 Å². The summed E-state index contributed by atoms with van der Waals surface area (Å²) in [6.45, 7) is 0. The number of anilines is 1. The summed E-state index contributed by atoms with van der Waals surface area (Å²) in [4.78, 5) is 21.9. The summed E-state index contributed by atoms with van der Waals surface area (Å²) in [5.74, 6) is 0.760. The van der Waals surface area contributed by atoms with E-state index >= 15 is 0 Å². The van der Waals surface area contributed by atoms with Crippen molar-refractivity contribution in [3.05, 3.63) is 46.7 Å². The third-order valence-electron chi connectivity index (χ3n) is 6.82. The first-order chi connectivity index (χ1) is 16.5. The number of aliphatic hydroxyl groups excluding tert-OH is 1. The Morgan fingerprint density at radius 3 is 2.74 bits per heavy atom. The minimum Gasteiger partial charge on any atom is -0.511 e. The second-order valence-electron chi connectivity index (χ2n) is 8.86. The lowest BCUT2D eigenvalue weighted by Gasteiger charge is -2.41. The molecular formula is C24H27N5O4S. The SMILES string of the molecule is COc1ccc(CCC2(C3CCCC3)CC(O)=C(Sc3nc(N)c4cn[nH]c4n3)C(=O)O2)cc1. The Balaban J connectivity index is 1.39. The number of ether oxygens (including phenoxy) is 2. The molecule has 1 fully saturated rings. The van der Waals surface area contributed by atoms with Crippen LogP contribution in [0.25, 0.3) is 11.0 Å². The predicted molar refractivity (Wildman–Crippen MR) is 128 cm³/mol. The second kappa shape index (κ2) is 9.17. The molecule has 1 unspecified atom stereocenters. The number of carbonyl (C=O) groups excluding carboxylic acids is 1. The second-order valence-corrected chi connectivity index (χ2v) is 9.84. The number of rotatable bonds is 7. The van der Waals surface area contributed by atoms with Crippen molar-refractivity contribution in [2.45, 2.75) is 55.7 Å². The van der Waals surface area contributed by atoms with Crippen LogP contribution in [0.2, 0.25) is 0 Å². The highest BCUT2D eigenvalue weighted by Crippen LogP contribution is 2.47. The molecule has 0 spiro atoms. The molecule has 3 aromatic rings. The van der Waals surface area contributed by atoms with Gasteiger partial charge < -0.3 is 20.3 Å². The average Bonchev–Trinajstić information content (AvgIpc) is 3.53. The maximum absolute atomic E-state index is 13.2. The number of aryl methyl sites for hydroxylation is 1. The zero-order valence-corrected chi connectivity index (χ0v) is 19.7. The van der Waals surface area contributed by atoms with Gasteiger partial charge in [0.2, 0.25) is 0 Å². The normalized spacial score (nSPS) is 21.3. The highest BCUT2D eigenvalue weighted by Gasteiger charge is 2.48. The fourth-order valence-electron chi connectivity index (χ4n) is 4.99. The molecule has 0 saturated heterocycles. The number of carbonyl (C=O) groups is 1. The molecule has 0 bridgehead atoms. The van der Waals surface area contributed by atoms with Crippen LogP contribution in [0, 0.1) is 5.92 Å². The van der Waals surface area contributed by atoms with E-state index in [9.17, 15) is 9.90 Å². The van der Waals surface area contributed by atoms with Crippen LogP contribution in [0.1, 0.15) is 44.1 Å². The highest BCUT2D eigenvalue weighted by molar-refractivity contribution is 8.03. The third kappa shape index (κ3) is 4.29. The van der Waals surface area contributed by atoms with Crippen LogP contribution in [-0.2, 0) is 16.0 Å². The van der Waals surface area contributed by atoms with E-state index in [1.807, 2.05) is 24.3 Å². The molecule has 9 nitrogen and oxygen atoms in total. The first-order valence-corrected chi connectivity index (χ1v) is 12.2. The smallest absolute Gasteiger partial charge is 0.349 e. The zero-order chi connectivity index (χ0) is 23.7.